The summed E-state index contributed by atoms with van der Waals surface area (Å²) < 4.78 is 8.13. The lowest BCUT2D eigenvalue weighted by Crippen LogP contribution is -2.34. The Morgan fingerprint density at radius 1 is 1.12 bits per heavy atom. The van der Waals surface area contributed by atoms with Gasteiger partial charge in [-0.05, 0) is 50.7 Å². The minimum absolute atomic E-state index is 0.133. The largest absolute Gasteiger partial charge is 0.376 e. The Bertz CT molecular complexity index is 956. The fourth-order valence-corrected chi connectivity index (χ4v) is 6.75. The highest BCUT2D eigenvalue weighted by molar-refractivity contribution is 8.00. The van der Waals surface area contributed by atoms with Crippen LogP contribution in [0.4, 0.5) is 11.6 Å². The van der Waals surface area contributed by atoms with E-state index in [0.717, 1.165) is 68.8 Å². The molecule has 0 spiro atoms. The number of fused-ring (bicyclic) bond motifs is 1. The number of benzene rings is 1. The standard InChI is InChI=1S/C24H33N5O2S2/c1-18-11-14-28(20-9-3-4-10-21(20)33-18)22(30)17-32-24-26-25-23(27-12-5-2-6-13-27)29(24)16-19-8-7-15-31-19/h3-4,9-10,18-19H,2,5-8,11-17H2,1H3. The van der Waals surface area contributed by atoms with Crippen LogP contribution in [0.15, 0.2) is 34.3 Å². The highest BCUT2D eigenvalue weighted by atomic mass is 32.2. The van der Waals surface area contributed by atoms with Crippen LogP contribution in [-0.2, 0) is 16.1 Å². The van der Waals surface area contributed by atoms with Crippen molar-refractivity contribution in [3.8, 4) is 0 Å². The van der Waals surface area contributed by atoms with Crippen molar-refractivity contribution in [2.75, 3.05) is 41.8 Å². The molecule has 7 nitrogen and oxygen atoms in total. The number of hydrogen-bond acceptors (Lipinski definition) is 7. The van der Waals surface area contributed by atoms with Crippen LogP contribution in [0.2, 0.25) is 0 Å². The first-order chi connectivity index (χ1) is 16.2. The number of rotatable bonds is 6. The second kappa shape index (κ2) is 10.7. The van der Waals surface area contributed by atoms with E-state index in [2.05, 4.69) is 44.8 Å². The third-order valence-corrected chi connectivity index (χ3v) is 8.80. The van der Waals surface area contributed by atoms with E-state index in [-0.39, 0.29) is 12.0 Å². The molecule has 1 aromatic carbocycles. The number of para-hydroxylation sites is 1. The molecule has 2 atom stereocenters. The molecule has 1 aromatic heterocycles. The van der Waals surface area contributed by atoms with Gasteiger partial charge in [-0.1, -0.05) is 30.8 Å². The second-order valence-corrected chi connectivity index (χ2v) is 11.5. The fourth-order valence-electron chi connectivity index (χ4n) is 4.82. The molecule has 0 radical (unpaired) electrons. The molecule has 1 amide bonds. The van der Waals surface area contributed by atoms with Gasteiger partial charge in [-0.15, -0.1) is 22.0 Å². The van der Waals surface area contributed by atoms with Gasteiger partial charge in [0.2, 0.25) is 11.9 Å². The number of piperidine rings is 1. The first-order valence-electron chi connectivity index (χ1n) is 12.2. The highest BCUT2D eigenvalue weighted by Crippen LogP contribution is 2.37. The predicted molar refractivity (Wildman–Crippen MR) is 135 cm³/mol. The molecular formula is C24H33N5O2S2. The van der Waals surface area contributed by atoms with Crippen molar-refractivity contribution < 1.29 is 9.53 Å². The normalized spacial score (nSPS) is 23.4. The smallest absolute Gasteiger partial charge is 0.237 e. The average molecular weight is 488 g/mol. The zero-order chi connectivity index (χ0) is 22.6. The van der Waals surface area contributed by atoms with Crippen molar-refractivity contribution in [1.29, 1.82) is 0 Å². The zero-order valence-corrected chi connectivity index (χ0v) is 21.0. The molecule has 178 valence electrons. The van der Waals surface area contributed by atoms with Crippen LogP contribution in [0.3, 0.4) is 0 Å². The molecule has 0 saturated carbocycles. The van der Waals surface area contributed by atoms with E-state index in [1.54, 1.807) is 0 Å². The minimum Gasteiger partial charge on any atom is -0.376 e. The number of thioether (sulfide) groups is 2. The van der Waals surface area contributed by atoms with Gasteiger partial charge in [-0.3, -0.25) is 9.36 Å². The summed E-state index contributed by atoms with van der Waals surface area (Å²) in [6, 6.07) is 8.26. The minimum atomic E-state index is 0.133. The Hall–Kier alpha value is -1.71. The number of nitrogens with zero attached hydrogens (tertiary/aromatic N) is 5. The summed E-state index contributed by atoms with van der Waals surface area (Å²) >= 11 is 3.37. The molecule has 3 aliphatic rings. The summed E-state index contributed by atoms with van der Waals surface area (Å²) in [5.74, 6) is 1.43. The SMILES string of the molecule is CC1CCN(C(=O)CSc2nnc(N3CCCCC3)n2CC2CCCO2)c2ccccc2S1. The van der Waals surface area contributed by atoms with E-state index in [1.807, 2.05) is 22.7 Å². The number of carbonyl (C=O) groups excluding carboxylic acids is 1. The molecule has 0 bridgehead atoms. The van der Waals surface area contributed by atoms with E-state index in [9.17, 15) is 4.79 Å². The Kier molecular flexibility index (Phi) is 7.47. The molecule has 4 heterocycles. The number of carbonyl (C=O) groups is 1. The maximum Gasteiger partial charge on any atom is 0.237 e. The third-order valence-electron chi connectivity index (χ3n) is 6.62. The number of anilines is 2. The van der Waals surface area contributed by atoms with Crippen molar-refractivity contribution in [3.63, 3.8) is 0 Å². The van der Waals surface area contributed by atoms with Crippen molar-refractivity contribution >= 4 is 41.1 Å². The molecule has 2 unspecified atom stereocenters. The Balaban J connectivity index is 1.32. The van der Waals surface area contributed by atoms with Gasteiger partial charge in [-0.2, -0.15) is 0 Å². The van der Waals surface area contributed by atoms with E-state index < -0.39 is 0 Å². The summed E-state index contributed by atoms with van der Waals surface area (Å²) in [6.07, 6.45) is 7.04. The summed E-state index contributed by atoms with van der Waals surface area (Å²) in [7, 11) is 0. The lowest BCUT2D eigenvalue weighted by Gasteiger charge is -2.28. The zero-order valence-electron chi connectivity index (χ0n) is 19.3. The highest BCUT2D eigenvalue weighted by Gasteiger charge is 2.27. The van der Waals surface area contributed by atoms with Crippen LogP contribution in [0.25, 0.3) is 0 Å². The maximum atomic E-state index is 13.4. The van der Waals surface area contributed by atoms with Crippen LogP contribution in [0.5, 0.6) is 0 Å². The van der Waals surface area contributed by atoms with Crippen LogP contribution in [0.1, 0.15) is 45.4 Å². The Labute approximate surface area is 204 Å². The molecule has 2 fully saturated rings. The monoisotopic (exact) mass is 487 g/mol. The first-order valence-corrected chi connectivity index (χ1v) is 14.0. The van der Waals surface area contributed by atoms with Gasteiger partial charge in [0.15, 0.2) is 5.16 Å². The molecule has 2 saturated heterocycles. The number of amides is 1. The van der Waals surface area contributed by atoms with Gasteiger partial charge in [0, 0.05) is 36.4 Å². The summed E-state index contributed by atoms with van der Waals surface area (Å²) in [5.41, 5.74) is 1.03. The van der Waals surface area contributed by atoms with Crippen molar-refractivity contribution in [2.24, 2.45) is 0 Å². The molecule has 9 heteroatoms. The van der Waals surface area contributed by atoms with Gasteiger partial charge < -0.3 is 14.5 Å². The first kappa shape index (κ1) is 23.1. The van der Waals surface area contributed by atoms with Gasteiger partial charge in [-0.25, -0.2) is 0 Å². The number of aromatic nitrogens is 3. The number of ether oxygens (including phenoxy) is 1. The van der Waals surface area contributed by atoms with E-state index in [0.29, 0.717) is 11.0 Å². The van der Waals surface area contributed by atoms with Crippen LogP contribution in [0, 0.1) is 0 Å². The topological polar surface area (TPSA) is 63.5 Å². The van der Waals surface area contributed by atoms with Crippen molar-refractivity contribution in [1.82, 2.24) is 14.8 Å². The Morgan fingerprint density at radius 2 is 1.97 bits per heavy atom. The summed E-state index contributed by atoms with van der Waals surface area (Å²) in [4.78, 5) is 18.9. The van der Waals surface area contributed by atoms with Crippen LogP contribution < -0.4 is 9.80 Å². The molecule has 0 N–H and O–H groups in total. The second-order valence-electron chi connectivity index (χ2n) is 9.09. The molecule has 5 rings (SSSR count). The van der Waals surface area contributed by atoms with Gasteiger partial charge >= 0.3 is 0 Å². The molecular weight excluding hydrogens is 454 g/mol. The lowest BCUT2D eigenvalue weighted by atomic mass is 10.1. The van der Waals surface area contributed by atoms with Gasteiger partial charge in [0.1, 0.15) is 0 Å². The molecule has 3 aliphatic heterocycles. The van der Waals surface area contributed by atoms with Crippen LogP contribution >= 0.6 is 23.5 Å². The number of hydrogen-bond donors (Lipinski definition) is 0. The van der Waals surface area contributed by atoms with Crippen molar-refractivity contribution in [3.05, 3.63) is 24.3 Å². The Morgan fingerprint density at radius 3 is 2.79 bits per heavy atom. The van der Waals surface area contributed by atoms with E-state index >= 15 is 0 Å². The van der Waals surface area contributed by atoms with Crippen molar-refractivity contribution in [2.45, 2.75) is 73.4 Å². The average Bonchev–Trinajstić information content (AvgIpc) is 3.46. The quantitative estimate of drug-likeness (QED) is 0.558. The van der Waals surface area contributed by atoms with Crippen LogP contribution in [-0.4, -0.2) is 64.0 Å². The predicted octanol–water partition coefficient (Wildman–Crippen LogP) is 4.46. The van der Waals surface area contributed by atoms with E-state index in [1.165, 1.54) is 35.9 Å². The molecule has 33 heavy (non-hydrogen) atoms. The van der Waals surface area contributed by atoms with Gasteiger partial charge in [0.05, 0.1) is 24.1 Å². The van der Waals surface area contributed by atoms with E-state index in [4.69, 9.17) is 4.74 Å². The summed E-state index contributed by atoms with van der Waals surface area (Å²) in [5, 5.41) is 10.4. The molecule has 2 aromatic rings. The lowest BCUT2D eigenvalue weighted by molar-refractivity contribution is -0.116. The maximum absolute atomic E-state index is 13.4. The van der Waals surface area contributed by atoms with Gasteiger partial charge in [0.25, 0.3) is 0 Å². The summed E-state index contributed by atoms with van der Waals surface area (Å²) in [6.45, 7) is 6.63. The third kappa shape index (κ3) is 5.35. The fraction of sp³-hybridized carbons (Fsp3) is 0.625. The molecule has 0 aliphatic carbocycles.